The number of nitrogens with zero attached hydrogens (tertiary/aromatic N) is 1. The third-order valence-corrected chi connectivity index (χ3v) is 3.30. The third kappa shape index (κ3) is 4.26. The molecular formula is C12H24N2O3. The maximum atomic E-state index is 11.4. The molecule has 0 aromatic heterocycles. The second-order valence-corrected chi connectivity index (χ2v) is 4.97. The van der Waals surface area contributed by atoms with Crippen LogP contribution in [0.25, 0.3) is 0 Å². The highest BCUT2D eigenvalue weighted by Crippen LogP contribution is 2.13. The molecule has 1 fully saturated rings. The highest BCUT2D eigenvalue weighted by Gasteiger charge is 2.29. The first-order chi connectivity index (χ1) is 7.97. The van der Waals surface area contributed by atoms with Crippen molar-refractivity contribution in [2.24, 2.45) is 5.73 Å². The molecule has 1 saturated heterocycles. The van der Waals surface area contributed by atoms with Gasteiger partial charge in [-0.3, -0.25) is 9.69 Å². The lowest BCUT2D eigenvalue weighted by atomic mass is 9.97. The van der Waals surface area contributed by atoms with Crippen molar-refractivity contribution in [2.45, 2.75) is 38.3 Å². The van der Waals surface area contributed by atoms with Crippen LogP contribution in [-0.4, -0.2) is 55.9 Å². The Bertz CT molecular complexity index is 256. The minimum absolute atomic E-state index is 0.340. The lowest BCUT2D eigenvalue weighted by molar-refractivity contribution is -0.146. The van der Waals surface area contributed by atoms with Crippen molar-refractivity contribution in [2.75, 3.05) is 33.4 Å². The zero-order valence-electron chi connectivity index (χ0n) is 11.1. The van der Waals surface area contributed by atoms with Gasteiger partial charge in [0.2, 0.25) is 0 Å². The third-order valence-electron chi connectivity index (χ3n) is 3.30. The van der Waals surface area contributed by atoms with Gasteiger partial charge in [-0.15, -0.1) is 0 Å². The zero-order valence-corrected chi connectivity index (χ0v) is 11.1. The lowest BCUT2D eigenvalue weighted by Gasteiger charge is -2.33. The summed E-state index contributed by atoms with van der Waals surface area (Å²) >= 11 is 0. The van der Waals surface area contributed by atoms with E-state index in [-0.39, 0.29) is 5.97 Å². The number of methoxy groups -OCH3 is 1. The average Bonchev–Trinajstić information content (AvgIpc) is 2.30. The summed E-state index contributed by atoms with van der Waals surface area (Å²) in [7, 11) is 1.37. The predicted octanol–water partition coefficient (Wildman–Crippen LogP) is 0.378. The van der Waals surface area contributed by atoms with E-state index in [0.29, 0.717) is 12.5 Å². The van der Waals surface area contributed by atoms with Crippen LogP contribution in [-0.2, 0) is 14.3 Å². The Morgan fingerprint density at radius 2 is 2.35 bits per heavy atom. The van der Waals surface area contributed by atoms with Crippen LogP contribution in [0, 0.1) is 0 Å². The Balaban J connectivity index is 2.29. The minimum atomic E-state index is -0.871. The van der Waals surface area contributed by atoms with Crippen LogP contribution in [0.2, 0.25) is 0 Å². The van der Waals surface area contributed by atoms with Crippen LogP contribution in [0.3, 0.4) is 0 Å². The Morgan fingerprint density at radius 1 is 1.65 bits per heavy atom. The summed E-state index contributed by atoms with van der Waals surface area (Å²) < 4.78 is 10.1. The molecule has 0 aromatic carbocycles. The zero-order chi connectivity index (χ0) is 12.9. The molecule has 5 heteroatoms. The van der Waals surface area contributed by atoms with Crippen molar-refractivity contribution in [3.05, 3.63) is 0 Å². The van der Waals surface area contributed by atoms with Gasteiger partial charge in [-0.1, -0.05) is 0 Å². The molecule has 0 radical (unpaired) electrons. The van der Waals surface area contributed by atoms with E-state index in [2.05, 4.69) is 16.6 Å². The SMILES string of the molecule is COC(=O)C(C)(N)CCCN1CCOCC1C. The largest absolute Gasteiger partial charge is 0.468 e. The van der Waals surface area contributed by atoms with E-state index in [1.165, 1.54) is 7.11 Å². The quantitative estimate of drug-likeness (QED) is 0.708. The molecule has 1 aliphatic heterocycles. The van der Waals surface area contributed by atoms with Gasteiger partial charge in [0, 0.05) is 12.6 Å². The summed E-state index contributed by atoms with van der Waals surface area (Å²) in [4.78, 5) is 13.8. The summed E-state index contributed by atoms with van der Waals surface area (Å²) in [6.07, 6.45) is 1.54. The molecule has 2 atom stereocenters. The fourth-order valence-electron chi connectivity index (χ4n) is 2.08. The first-order valence-corrected chi connectivity index (χ1v) is 6.16. The molecule has 0 aliphatic carbocycles. The van der Waals surface area contributed by atoms with Crippen molar-refractivity contribution < 1.29 is 14.3 Å². The standard InChI is InChI=1S/C12H24N2O3/c1-10-9-17-8-7-14(10)6-4-5-12(2,13)11(15)16-3/h10H,4-9,13H2,1-3H3. The molecule has 0 bridgehead atoms. The molecule has 1 rings (SSSR count). The summed E-state index contributed by atoms with van der Waals surface area (Å²) in [5, 5.41) is 0. The number of carbonyl (C=O) groups excluding carboxylic acids is 1. The van der Waals surface area contributed by atoms with Crippen molar-refractivity contribution in [1.82, 2.24) is 4.90 Å². The molecule has 17 heavy (non-hydrogen) atoms. The normalized spacial score (nSPS) is 25.3. The van der Waals surface area contributed by atoms with E-state index in [9.17, 15) is 4.79 Å². The second-order valence-electron chi connectivity index (χ2n) is 4.97. The van der Waals surface area contributed by atoms with E-state index in [1.807, 2.05) is 0 Å². The molecule has 2 unspecified atom stereocenters. The van der Waals surface area contributed by atoms with Gasteiger partial charge >= 0.3 is 5.97 Å². The number of ether oxygens (including phenoxy) is 2. The monoisotopic (exact) mass is 244 g/mol. The smallest absolute Gasteiger partial charge is 0.325 e. The molecule has 1 heterocycles. The molecule has 0 amide bonds. The molecule has 1 aliphatic rings. The van der Waals surface area contributed by atoms with Gasteiger partial charge in [0.1, 0.15) is 5.54 Å². The summed E-state index contributed by atoms with van der Waals surface area (Å²) in [5.74, 6) is -0.340. The van der Waals surface area contributed by atoms with Gasteiger partial charge in [-0.2, -0.15) is 0 Å². The summed E-state index contributed by atoms with van der Waals surface area (Å²) in [5.41, 5.74) is 5.03. The van der Waals surface area contributed by atoms with Gasteiger partial charge in [-0.05, 0) is 33.2 Å². The van der Waals surface area contributed by atoms with Gasteiger partial charge in [0.05, 0.1) is 20.3 Å². The van der Waals surface area contributed by atoms with E-state index >= 15 is 0 Å². The van der Waals surface area contributed by atoms with Crippen LogP contribution in [0.5, 0.6) is 0 Å². The van der Waals surface area contributed by atoms with E-state index in [1.54, 1.807) is 6.92 Å². The first kappa shape index (κ1) is 14.4. The van der Waals surface area contributed by atoms with Crippen LogP contribution in [0.4, 0.5) is 0 Å². The lowest BCUT2D eigenvalue weighted by Crippen LogP contribution is -2.47. The van der Waals surface area contributed by atoms with Crippen molar-refractivity contribution in [3.63, 3.8) is 0 Å². The molecule has 0 saturated carbocycles. The summed E-state index contributed by atoms with van der Waals surface area (Å²) in [6, 6.07) is 0.450. The van der Waals surface area contributed by atoms with Gasteiger partial charge in [-0.25, -0.2) is 0 Å². The minimum Gasteiger partial charge on any atom is -0.468 e. The van der Waals surface area contributed by atoms with E-state index in [0.717, 1.165) is 32.7 Å². The summed E-state index contributed by atoms with van der Waals surface area (Å²) in [6.45, 7) is 7.37. The maximum absolute atomic E-state index is 11.4. The highest BCUT2D eigenvalue weighted by molar-refractivity contribution is 5.79. The highest BCUT2D eigenvalue weighted by atomic mass is 16.5. The average molecular weight is 244 g/mol. The number of morpholine rings is 1. The van der Waals surface area contributed by atoms with Gasteiger partial charge in [0.15, 0.2) is 0 Å². The van der Waals surface area contributed by atoms with E-state index < -0.39 is 5.54 Å². The number of hydrogen-bond acceptors (Lipinski definition) is 5. The number of esters is 1. The fraction of sp³-hybridized carbons (Fsp3) is 0.917. The van der Waals surface area contributed by atoms with Crippen molar-refractivity contribution in [3.8, 4) is 0 Å². The second kappa shape index (κ2) is 6.33. The number of nitrogens with two attached hydrogens (primary N) is 1. The Hall–Kier alpha value is -0.650. The Kier molecular flexibility index (Phi) is 5.36. The number of rotatable bonds is 5. The van der Waals surface area contributed by atoms with Crippen LogP contribution in [0.1, 0.15) is 26.7 Å². The molecule has 2 N–H and O–H groups in total. The predicted molar refractivity (Wildman–Crippen MR) is 65.7 cm³/mol. The van der Waals surface area contributed by atoms with Crippen LogP contribution < -0.4 is 5.73 Å². The van der Waals surface area contributed by atoms with E-state index in [4.69, 9.17) is 10.5 Å². The molecular weight excluding hydrogens is 220 g/mol. The molecule has 0 aromatic rings. The Morgan fingerprint density at radius 3 is 2.94 bits per heavy atom. The Labute approximate surface area is 103 Å². The fourth-order valence-corrected chi connectivity index (χ4v) is 2.08. The van der Waals surface area contributed by atoms with Gasteiger partial charge in [0.25, 0.3) is 0 Å². The van der Waals surface area contributed by atoms with Crippen LogP contribution >= 0.6 is 0 Å². The molecule has 100 valence electrons. The van der Waals surface area contributed by atoms with Crippen molar-refractivity contribution in [1.29, 1.82) is 0 Å². The van der Waals surface area contributed by atoms with Crippen LogP contribution in [0.15, 0.2) is 0 Å². The molecule has 0 spiro atoms. The number of hydrogen-bond donors (Lipinski definition) is 1. The number of carbonyl (C=O) groups is 1. The molecule has 5 nitrogen and oxygen atoms in total. The first-order valence-electron chi connectivity index (χ1n) is 6.16. The van der Waals surface area contributed by atoms with Gasteiger partial charge < -0.3 is 15.2 Å². The topological polar surface area (TPSA) is 64.8 Å². The maximum Gasteiger partial charge on any atom is 0.325 e. The van der Waals surface area contributed by atoms with Crippen molar-refractivity contribution >= 4 is 5.97 Å².